The molecule has 0 spiro atoms. The van der Waals surface area contributed by atoms with Crippen molar-refractivity contribution in [3.8, 4) is 0 Å². The molecule has 1 atom stereocenters. The summed E-state index contributed by atoms with van der Waals surface area (Å²) < 4.78 is 0. The number of amides is 1. The Hall–Kier alpha value is -2.30. The summed E-state index contributed by atoms with van der Waals surface area (Å²) in [5.41, 5.74) is 2.62. The van der Waals surface area contributed by atoms with Gasteiger partial charge in [0, 0.05) is 36.2 Å². The van der Waals surface area contributed by atoms with Gasteiger partial charge in [-0.3, -0.25) is 9.59 Å². The first kappa shape index (κ1) is 18.7. The molecule has 0 aromatic heterocycles. The summed E-state index contributed by atoms with van der Waals surface area (Å²) >= 11 is 0. The largest absolute Gasteiger partial charge is 0.385 e. The van der Waals surface area contributed by atoms with Crippen LogP contribution in [0.4, 0.5) is 5.69 Å². The maximum atomic E-state index is 11.2. The molecule has 1 aromatic rings. The smallest absolute Gasteiger partial charge is 0.214 e. The van der Waals surface area contributed by atoms with E-state index < -0.39 is 0 Å². The number of nitrogens with zero attached hydrogens (tertiary/aromatic N) is 1. The zero-order valence-electron chi connectivity index (χ0n) is 14.4. The summed E-state index contributed by atoms with van der Waals surface area (Å²) in [5.74, 6) is 0.0563. The molecule has 1 amide bonds. The maximum absolute atomic E-state index is 11.2. The van der Waals surface area contributed by atoms with E-state index in [2.05, 4.69) is 24.5 Å². The molecular weight excluding hydrogens is 290 g/mol. The summed E-state index contributed by atoms with van der Waals surface area (Å²) in [6, 6.07) is 7.42. The van der Waals surface area contributed by atoms with Crippen LogP contribution in [-0.2, 0) is 4.79 Å². The SMILES string of the molecule is CC(=O)c1ccc(NCC2CNC(C)=CN2C=O)cc1.CCC. The predicted molar refractivity (Wildman–Crippen MR) is 94.4 cm³/mol. The van der Waals surface area contributed by atoms with Crippen LogP contribution in [-0.4, -0.2) is 36.2 Å². The summed E-state index contributed by atoms with van der Waals surface area (Å²) in [4.78, 5) is 23.9. The Morgan fingerprint density at radius 3 is 2.48 bits per heavy atom. The number of ketones is 1. The van der Waals surface area contributed by atoms with Crippen LogP contribution in [0.2, 0.25) is 0 Å². The first-order valence-corrected chi connectivity index (χ1v) is 8.01. The van der Waals surface area contributed by atoms with Crippen molar-refractivity contribution in [2.24, 2.45) is 0 Å². The third kappa shape index (κ3) is 6.14. The normalized spacial score (nSPS) is 16.4. The van der Waals surface area contributed by atoms with Crippen LogP contribution in [0.15, 0.2) is 36.2 Å². The Morgan fingerprint density at radius 1 is 1.35 bits per heavy atom. The van der Waals surface area contributed by atoms with Crippen LogP contribution < -0.4 is 10.6 Å². The molecule has 2 N–H and O–H groups in total. The minimum absolute atomic E-state index is 0.0563. The lowest BCUT2D eigenvalue weighted by molar-refractivity contribution is -0.117. The van der Waals surface area contributed by atoms with Crippen molar-refractivity contribution in [3.63, 3.8) is 0 Å². The van der Waals surface area contributed by atoms with E-state index in [1.807, 2.05) is 25.3 Å². The van der Waals surface area contributed by atoms with E-state index in [4.69, 9.17) is 0 Å². The summed E-state index contributed by atoms with van der Waals surface area (Å²) in [6.45, 7) is 9.10. The zero-order valence-corrected chi connectivity index (χ0v) is 14.4. The van der Waals surface area contributed by atoms with Crippen molar-refractivity contribution in [2.45, 2.75) is 40.2 Å². The van der Waals surface area contributed by atoms with Crippen molar-refractivity contribution in [2.75, 3.05) is 18.4 Å². The van der Waals surface area contributed by atoms with Crippen LogP contribution in [0.1, 0.15) is 44.5 Å². The Bertz CT molecular complexity index is 538. The van der Waals surface area contributed by atoms with Gasteiger partial charge in [0.15, 0.2) is 5.78 Å². The topological polar surface area (TPSA) is 61.4 Å². The number of hydrogen-bond acceptors (Lipinski definition) is 4. The third-order valence-corrected chi connectivity index (χ3v) is 3.34. The monoisotopic (exact) mass is 317 g/mol. The average molecular weight is 317 g/mol. The summed E-state index contributed by atoms with van der Waals surface area (Å²) in [7, 11) is 0. The highest BCUT2D eigenvalue weighted by Gasteiger charge is 2.19. The van der Waals surface area contributed by atoms with Gasteiger partial charge in [-0.2, -0.15) is 0 Å². The standard InChI is InChI=1S/C15H19N3O2.C3H8/c1-11-9-18(10-19)15(7-16-11)8-17-14-5-3-13(4-6-14)12(2)20;1-3-2/h3-6,9-10,15-17H,7-8H2,1-2H3;3H2,1-2H3. The molecule has 0 aliphatic carbocycles. The fourth-order valence-electron chi connectivity index (χ4n) is 2.11. The Balaban J connectivity index is 0.000000816. The molecule has 0 saturated heterocycles. The summed E-state index contributed by atoms with van der Waals surface area (Å²) in [5, 5.41) is 6.51. The molecular formula is C18H27N3O2. The lowest BCUT2D eigenvalue weighted by Crippen LogP contribution is -2.46. The van der Waals surface area contributed by atoms with Gasteiger partial charge in [0.1, 0.15) is 0 Å². The predicted octanol–water partition coefficient (Wildman–Crippen LogP) is 3.01. The minimum atomic E-state index is 0.0563. The molecule has 0 bridgehead atoms. The quantitative estimate of drug-likeness (QED) is 0.647. The number of carbonyl (C=O) groups excluding carboxylic acids is 2. The van der Waals surface area contributed by atoms with Gasteiger partial charge in [0.2, 0.25) is 6.41 Å². The van der Waals surface area contributed by atoms with Crippen LogP contribution >= 0.6 is 0 Å². The second-order valence-corrected chi connectivity index (χ2v) is 5.62. The van der Waals surface area contributed by atoms with Crippen LogP contribution in [0.3, 0.4) is 0 Å². The van der Waals surface area contributed by atoms with Gasteiger partial charge >= 0.3 is 0 Å². The number of nitrogens with one attached hydrogen (secondary N) is 2. The van der Waals surface area contributed by atoms with Crippen LogP contribution in [0, 0.1) is 0 Å². The molecule has 1 unspecified atom stereocenters. The van der Waals surface area contributed by atoms with E-state index in [1.165, 1.54) is 6.42 Å². The average Bonchev–Trinajstić information content (AvgIpc) is 2.54. The first-order valence-electron chi connectivity index (χ1n) is 8.01. The molecule has 5 heteroatoms. The third-order valence-electron chi connectivity index (χ3n) is 3.34. The number of hydrogen-bond donors (Lipinski definition) is 2. The lowest BCUT2D eigenvalue weighted by Gasteiger charge is -2.31. The second-order valence-electron chi connectivity index (χ2n) is 5.62. The molecule has 0 saturated carbocycles. The molecule has 2 rings (SSSR count). The van der Waals surface area contributed by atoms with E-state index in [0.717, 1.165) is 24.3 Å². The van der Waals surface area contributed by atoms with Gasteiger partial charge < -0.3 is 15.5 Å². The highest BCUT2D eigenvalue weighted by Crippen LogP contribution is 2.12. The van der Waals surface area contributed by atoms with E-state index in [-0.39, 0.29) is 11.8 Å². The van der Waals surface area contributed by atoms with Crippen LogP contribution in [0.25, 0.3) is 0 Å². The molecule has 1 aliphatic rings. The zero-order chi connectivity index (χ0) is 17.2. The minimum Gasteiger partial charge on any atom is -0.385 e. The maximum Gasteiger partial charge on any atom is 0.214 e. The molecule has 5 nitrogen and oxygen atoms in total. The van der Waals surface area contributed by atoms with Crippen molar-refractivity contribution >= 4 is 17.9 Å². The highest BCUT2D eigenvalue weighted by atomic mass is 16.1. The summed E-state index contributed by atoms with van der Waals surface area (Å²) in [6.07, 6.45) is 3.90. The Kier molecular flexibility index (Phi) is 7.88. The molecule has 1 aliphatic heterocycles. The van der Waals surface area contributed by atoms with Gasteiger partial charge in [-0.05, 0) is 38.1 Å². The molecule has 0 radical (unpaired) electrons. The number of benzene rings is 1. The van der Waals surface area contributed by atoms with Gasteiger partial charge in [-0.15, -0.1) is 0 Å². The molecule has 1 heterocycles. The van der Waals surface area contributed by atoms with E-state index in [1.54, 1.807) is 24.0 Å². The van der Waals surface area contributed by atoms with Gasteiger partial charge in [0.05, 0.1) is 6.04 Å². The van der Waals surface area contributed by atoms with E-state index >= 15 is 0 Å². The molecule has 0 fully saturated rings. The van der Waals surface area contributed by atoms with Crippen LogP contribution in [0.5, 0.6) is 0 Å². The molecule has 126 valence electrons. The number of Topliss-reactive ketones (excluding diaryl/α,β-unsaturated/α-hetero) is 1. The number of carbonyl (C=O) groups is 2. The van der Waals surface area contributed by atoms with Crippen molar-refractivity contribution in [1.29, 1.82) is 0 Å². The molecule has 23 heavy (non-hydrogen) atoms. The lowest BCUT2D eigenvalue weighted by atomic mass is 10.1. The first-order chi connectivity index (χ1) is 11.0. The highest BCUT2D eigenvalue weighted by molar-refractivity contribution is 5.94. The number of allylic oxidation sites excluding steroid dienone is 1. The van der Waals surface area contributed by atoms with Gasteiger partial charge in [0.25, 0.3) is 0 Å². The molecule has 1 aromatic carbocycles. The number of rotatable bonds is 5. The second kappa shape index (κ2) is 9.66. The fourth-order valence-corrected chi connectivity index (χ4v) is 2.11. The fraction of sp³-hybridized carbons (Fsp3) is 0.444. The van der Waals surface area contributed by atoms with Crippen molar-refractivity contribution in [3.05, 3.63) is 41.7 Å². The number of anilines is 1. The van der Waals surface area contributed by atoms with E-state index in [0.29, 0.717) is 12.1 Å². The Labute approximate surface area is 138 Å². The van der Waals surface area contributed by atoms with Crippen molar-refractivity contribution < 1.29 is 9.59 Å². The van der Waals surface area contributed by atoms with E-state index in [9.17, 15) is 9.59 Å². The van der Waals surface area contributed by atoms with Crippen molar-refractivity contribution in [1.82, 2.24) is 10.2 Å². The van der Waals surface area contributed by atoms with Gasteiger partial charge in [-0.25, -0.2) is 0 Å². The van der Waals surface area contributed by atoms with Gasteiger partial charge in [-0.1, -0.05) is 20.3 Å². The Morgan fingerprint density at radius 2 is 1.96 bits per heavy atom.